The molecule has 0 aliphatic carbocycles. The maximum Gasteiger partial charge on any atom is 0.360 e. The first kappa shape index (κ1) is 30.0. The molecule has 46 heavy (non-hydrogen) atoms. The Hall–Kier alpha value is -4.64. The van der Waals surface area contributed by atoms with E-state index in [9.17, 15) is 9.59 Å². The van der Waals surface area contributed by atoms with Crippen LogP contribution in [-0.4, -0.2) is 41.2 Å². The molecule has 4 atom stereocenters. The summed E-state index contributed by atoms with van der Waals surface area (Å²) >= 11 is 0. The highest BCUT2D eigenvalue weighted by Gasteiger charge is 2.61. The van der Waals surface area contributed by atoms with E-state index in [0.29, 0.717) is 23.6 Å². The summed E-state index contributed by atoms with van der Waals surface area (Å²) in [7, 11) is 1.29. The molecule has 1 spiro atoms. The average Bonchev–Trinajstić information content (AvgIpc) is 3.82. The largest absolute Gasteiger partial charge is 0.469 e. The second-order valence-electron chi connectivity index (χ2n) is 12.7. The van der Waals surface area contributed by atoms with Gasteiger partial charge in [0.15, 0.2) is 23.4 Å². The summed E-state index contributed by atoms with van der Waals surface area (Å²) in [5.74, 6) is 0.452. The summed E-state index contributed by atoms with van der Waals surface area (Å²) in [4.78, 5) is 35.2. The van der Waals surface area contributed by atoms with Crippen LogP contribution in [0.3, 0.4) is 0 Å². The van der Waals surface area contributed by atoms with Gasteiger partial charge in [0.05, 0.1) is 13.2 Å². The highest BCUT2D eigenvalue weighted by molar-refractivity contribution is 5.87. The predicted octanol–water partition coefficient (Wildman–Crippen LogP) is 5.41. The number of benzene rings is 2. The van der Waals surface area contributed by atoms with E-state index in [-0.39, 0.29) is 29.3 Å². The zero-order valence-electron chi connectivity index (χ0n) is 26.5. The number of esters is 1. The van der Waals surface area contributed by atoms with E-state index in [1.165, 1.54) is 31.8 Å². The van der Waals surface area contributed by atoms with Crippen LogP contribution in [0.15, 0.2) is 51.5 Å². The molecule has 4 bridgehead atoms. The molecule has 240 valence electrons. The Morgan fingerprint density at radius 1 is 1.13 bits per heavy atom. The Balaban J connectivity index is 1.51. The van der Waals surface area contributed by atoms with Crippen molar-refractivity contribution in [3.05, 3.63) is 82.3 Å². The van der Waals surface area contributed by atoms with Gasteiger partial charge in [-0.15, -0.1) is 0 Å². The van der Waals surface area contributed by atoms with Crippen molar-refractivity contribution in [3.8, 4) is 17.3 Å². The number of hydrogen-bond donors (Lipinski definition) is 3. The van der Waals surface area contributed by atoms with Crippen LogP contribution in [-0.2, 0) is 27.8 Å². The predicted molar refractivity (Wildman–Crippen MR) is 169 cm³/mol. The minimum absolute atomic E-state index is 0.00400. The highest BCUT2D eigenvalue weighted by atomic mass is 16.5. The second kappa shape index (κ2) is 11.6. The van der Waals surface area contributed by atoms with Gasteiger partial charge in [-0.1, -0.05) is 70.4 Å². The van der Waals surface area contributed by atoms with Crippen molar-refractivity contribution in [2.75, 3.05) is 12.4 Å². The number of carbonyl (C=O) groups is 2. The van der Waals surface area contributed by atoms with Gasteiger partial charge in [0, 0.05) is 11.3 Å². The van der Waals surface area contributed by atoms with Crippen LogP contribution in [0.4, 0.5) is 5.69 Å². The molecule has 4 aromatic rings. The van der Waals surface area contributed by atoms with Crippen LogP contribution < -0.4 is 21.1 Å². The highest BCUT2D eigenvalue weighted by Crippen LogP contribution is 2.60. The lowest BCUT2D eigenvalue weighted by Gasteiger charge is -2.28. The lowest BCUT2D eigenvalue weighted by atomic mass is 9.72. The van der Waals surface area contributed by atoms with Crippen molar-refractivity contribution >= 4 is 17.6 Å². The number of unbranched alkanes of at least 4 members (excludes halogenated alkanes) is 3. The lowest BCUT2D eigenvalue weighted by Crippen LogP contribution is -2.45. The van der Waals surface area contributed by atoms with Crippen LogP contribution in [0.1, 0.15) is 96.9 Å². The molecule has 11 heteroatoms. The summed E-state index contributed by atoms with van der Waals surface area (Å²) in [5.41, 5.74) is 10.7. The number of rotatable bonds is 8. The van der Waals surface area contributed by atoms with Gasteiger partial charge in [-0.3, -0.25) is 4.79 Å². The van der Waals surface area contributed by atoms with Crippen molar-refractivity contribution < 1.29 is 27.9 Å². The summed E-state index contributed by atoms with van der Waals surface area (Å²) in [6.45, 7) is 6.16. The van der Waals surface area contributed by atoms with Crippen molar-refractivity contribution in [1.29, 1.82) is 0 Å². The van der Waals surface area contributed by atoms with Gasteiger partial charge in [-0.05, 0) is 47.9 Å². The second-order valence-corrected chi connectivity index (χ2v) is 12.7. The fourth-order valence-electron chi connectivity index (χ4n) is 7.02. The number of methoxy groups -OCH3 is 1. The number of nitrogens with zero attached hydrogens (tertiary/aromatic N) is 2. The number of anilines is 1. The number of aromatic nitrogens is 2. The van der Waals surface area contributed by atoms with Gasteiger partial charge in [0.2, 0.25) is 17.7 Å². The first-order valence-electron chi connectivity index (χ1n) is 16.1. The van der Waals surface area contributed by atoms with Gasteiger partial charge in [-0.2, -0.15) is 0 Å². The molecule has 0 saturated carbocycles. The zero-order chi connectivity index (χ0) is 32.2. The first-order chi connectivity index (χ1) is 22.3. The fourth-order valence-corrected chi connectivity index (χ4v) is 7.02. The van der Waals surface area contributed by atoms with E-state index < -0.39 is 29.7 Å². The smallest absolute Gasteiger partial charge is 0.360 e. The molecule has 1 unspecified atom stereocenters. The quantitative estimate of drug-likeness (QED) is 0.171. The van der Waals surface area contributed by atoms with Crippen LogP contribution in [0.2, 0.25) is 0 Å². The Morgan fingerprint density at radius 2 is 1.98 bits per heavy atom. The van der Waals surface area contributed by atoms with E-state index in [1.807, 2.05) is 26.0 Å². The van der Waals surface area contributed by atoms with Crippen molar-refractivity contribution in [3.63, 3.8) is 0 Å². The molecule has 1 amide bonds. The third kappa shape index (κ3) is 4.67. The van der Waals surface area contributed by atoms with Crippen LogP contribution in [0.5, 0.6) is 5.75 Å². The molecule has 3 aliphatic heterocycles. The minimum atomic E-state index is -1.00. The number of nitrogens with two attached hydrogens (primary N) is 1. The monoisotopic (exact) mass is 625 g/mol. The number of para-hydroxylation sites is 1. The van der Waals surface area contributed by atoms with Crippen LogP contribution in [0.25, 0.3) is 11.6 Å². The van der Waals surface area contributed by atoms with Gasteiger partial charge in [-0.25, -0.2) is 14.8 Å². The van der Waals surface area contributed by atoms with E-state index in [2.05, 4.69) is 46.8 Å². The summed E-state index contributed by atoms with van der Waals surface area (Å²) in [6.07, 6.45) is 6.50. The van der Waals surface area contributed by atoms with Crippen molar-refractivity contribution in [2.24, 2.45) is 11.7 Å². The molecule has 0 radical (unpaired) electrons. The number of ether oxygens (including phenoxy) is 2. The van der Waals surface area contributed by atoms with Crippen molar-refractivity contribution in [2.45, 2.75) is 83.0 Å². The lowest BCUT2D eigenvalue weighted by molar-refractivity contribution is -0.123. The number of amides is 1. The molecule has 5 heterocycles. The third-order valence-corrected chi connectivity index (χ3v) is 9.38. The van der Waals surface area contributed by atoms with E-state index in [1.54, 1.807) is 0 Å². The zero-order valence-corrected chi connectivity index (χ0v) is 26.5. The number of fused-ring (bicyclic) bond motifs is 4. The third-order valence-electron chi connectivity index (χ3n) is 9.38. The maximum atomic E-state index is 13.4. The van der Waals surface area contributed by atoms with Gasteiger partial charge >= 0.3 is 5.97 Å². The van der Waals surface area contributed by atoms with Gasteiger partial charge in [0.25, 0.3) is 0 Å². The summed E-state index contributed by atoms with van der Waals surface area (Å²) in [5, 5.41) is 6.79. The standard InChI is InChI=1S/C35H39N5O6/c1-5-6-7-8-10-20-11-9-12-21-27(20)40-34-35(21)22-15-19(13-14-25(22)45-34)16-23(36)30(41)38-26(18(2)3)32-39-28(29(35)46-32)31-37-24(17-44-31)33(42)43-4/h9,11-15,17-18,23,26,34,40H,5-8,10,16,36H2,1-4H3,(H,38,41)/t23-,26-,34?,35-/m0/s1. The number of hydrogen-bond acceptors (Lipinski definition) is 10. The molecule has 3 aliphatic rings. The van der Waals surface area contributed by atoms with E-state index >= 15 is 0 Å². The maximum absolute atomic E-state index is 13.4. The Kier molecular flexibility index (Phi) is 7.59. The van der Waals surface area contributed by atoms with Gasteiger partial charge in [0.1, 0.15) is 23.5 Å². The molecular formula is C35H39N5O6. The molecular weight excluding hydrogens is 586 g/mol. The molecule has 2 aromatic heterocycles. The molecule has 11 nitrogen and oxygen atoms in total. The summed E-state index contributed by atoms with van der Waals surface area (Å²) in [6, 6.07) is 10.9. The SMILES string of the molecule is CCCCCCc1cccc2c1NC1Oc3ccc4cc3[C@]21c1oc(nc1-c1nc(C(=O)OC)co1)[C@H](C(C)C)NC(=O)[C@@H](N)C4. The molecule has 0 fully saturated rings. The van der Waals surface area contributed by atoms with E-state index in [4.69, 9.17) is 29.0 Å². The number of aryl methyl sites for hydroxylation is 1. The topological polar surface area (TPSA) is 155 Å². The normalized spacial score (nSPS) is 22.7. The number of nitrogens with one attached hydrogen (secondary N) is 2. The van der Waals surface area contributed by atoms with E-state index in [0.717, 1.165) is 41.6 Å². The minimum Gasteiger partial charge on any atom is -0.469 e. The number of oxazole rings is 2. The van der Waals surface area contributed by atoms with Gasteiger partial charge < -0.3 is 34.7 Å². The van der Waals surface area contributed by atoms with Crippen LogP contribution in [0, 0.1) is 5.92 Å². The molecule has 0 saturated heterocycles. The molecule has 7 rings (SSSR count). The first-order valence-corrected chi connectivity index (χ1v) is 16.1. The Morgan fingerprint density at radius 3 is 2.76 bits per heavy atom. The molecule has 2 aromatic carbocycles. The number of carbonyl (C=O) groups excluding carboxylic acids is 2. The summed E-state index contributed by atoms with van der Waals surface area (Å²) < 4.78 is 24.3. The Labute approximate surface area is 267 Å². The van der Waals surface area contributed by atoms with Crippen molar-refractivity contribution in [1.82, 2.24) is 15.3 Å². The molecule has 4 N–H and O–H groups in total. The Bertz CT molecular complexity index is 1810. The average molecular weight is 626 g/mol. The van der Waals surface area contributed by atoms with Crippen LogP contribution >= 0.6 is 0 Å². The fraction of sp³-hybridized carbons (Fsp3) is 0.429.